The Morgan fingerprint density at radius 3 is 2.84 bits per heavy atom. The molecule has 3 heteroatoms. The number of ether oxygens (including phenoxy) is 1. The molecule has 3 nitrogen and oxygen atoms in total. The molecule has 1 aliphatic rings. The average molecular weight is 262 g/mol. The van der Waals surface area contributed by atoms with Gasteiger partial charge in [-0.1, -0.05) is 38.1 Å². The number of nitrogens with one attached hydrogen (secondary N) is 1. The molecular weight excluding hydrogens is 236 g/mol. The summed E-state index contributed by atoms with van der Waals surface area (Å²) < 4.78 is 5.86. The molecule has 2 rings (SSSR count). The van der Waals surface area contributed by atoms with E-state index in [1.165, 1.54) is 24.0 Å². The maximum Gasteiger partial charge on any atom is 0.0782 e. The van der Waals surface area contributed by atoms with Crippen LogP contribution in [0.15, 0.2) is 24.3 Å². The molecule has 1 aliphatic heterocycles. The first-order valence-corrected chi connectivity index (χ1v) is 7.37. The Bertz CT molecular complexity index is 386. The van der Waals surface area contributed by atoms with E-state index in [1.807, 2.05) is 0 Å². The summed E-state index contributed by atoms with van der Waals surface area (Å²) in [6.45, 7) is 5.35. The number of hydrazine groups is 1. The van der Waals surface area contributed by atoms with Crippen LogP contribution >= 0.6 is 0 Å². The zero-order valence-corrected chi connectivity index (χ0v) is 12.1. The highest BCUT2D eigenvalue weighted by molar-refractivity contribution is 5.27. The van der Waals surface area contributed by atoms with Crippen molar-refractivity contribution in [2.24, 2.45) is 11.8 Å². The normalized spacial score (nSPS) is 21.6. The zero-order chi connectivity index (χ0) is 13.7. The standard InChI is InChI=1S/C16H26N2O/c1-12(2)10-13-6-5-7-14(11-13)16(18-17)15-8-3-4-9-19-15/h5-7,11-12,15-16,18H,3-4,8-10,17H2,1-2H3. The molecule has 0 radical (unpaired) electrons. The molecule has 1 saturated heterocycles. The van der Waals surface area contributed by atoms with Gasteiger partial charge in [-0.3, -0.25) is 11.3 Å². The van der Waals surface area contributed by atoms with Gasteiger partial charge < -0.3 is 4.74 Å². The van der Waals surface area contributed by atoms with Gasteiger partial charge in [0.05, 0.1) is 12.1 Å². The van der Waals surface area contributed by atoms with Crippen LogP contribution in [0.4, 0.5) is 0 Å². The van der Waals surface area contributed by atoms with Crippen LogP contribution in [0, 0.1) is 5.92 Å². The van der Waals surface area contributed by atoms with Crippen molar-refractivity contribution in [1.82, 2.24) is 5.43 Å². The number of hydrogen-bond donors (Lipinski definition) is 2. The Kier molecular flexibility index (Phi) is 5.37. The number of benzene rings is 1. The van der Waals surface area contributed by atoms with Gasteiger partial charge in [0.15, 0.2) is 0 Å². The van der Waals surface area contributed by atoms with Gasteiger partial charge in [-0.25, -0.2) is 0 Å². The second kappa shape index (κ2) is 7.04. The lowest BCUT2D eigenvalue weighted by molar-refractivity contribution is -0.00823. The van der Waals surface area contributed by atoms with Crippen LogP contribution in [-0.2, 0) is 11.2 Å². The quantitative estimate of drug-likeness (QED) is 0.633. The van der Waals surface area contributed by atoms with Crippen LogP contribution in [0.25, 0.3) is 0 Å². The Morgan fingerprint density at radius 1 is 1.37 bits per heavy atom. The minimum absolute atomic E-state index is 0.104. The van der Waals surface area contributed by atoms with E-state index in [4.69, 9.17) is 10.6 Å². The van der Waals surface area contributed by atoms with Crippen molar-refractivity contribution in [2.75, 3.05) is 6.61 Å². The molecule has 1 aromatic rings. The molecule has 0 amide bonds. The van der Waals surface area contributed by atoms with Crippen molar-refractivity contribution in [3.8, 4) is 0 Å². The monoisotopic (exact) mass is 262 g/mol. The molecule has 1 fully saturated rings. The molecule has 0 aromatic heterocycles. The summed E-state index contributed by atoms with van der Waals surface area (Å²) in [5.41, 5.74) is 5.56. The first kappa shape index (κ1) is 14.5. The minimum Gasteiger partial charge on any atom is -0.376 e. The largest absolute Gasteiger partial charge is 0.376 e. The van der Waals surface area contributed by atoms with E-state index < -0.39 is 0 Å². The van der Waals surface area contributed by atoms with Crippen molar-refractivity contribution < 1.29 is 4.74 Å². The van der Waals surface area contributed by atoms with Crippen LogP contribution in [0.1, 0.15) is 50.3 Å². The lowest BCUT2D eigenvalue weighted by Crippen LogP contribution is -2.39. The fourth-order valence-corrected chi connectivity index (χ4v) is 2.83. The van der Waals surface area contributed by atoms with Crippen molar-refractivity contribution in [1.29, 1.82) is 0 Å². The molecule has 1 heterocycles. The van der Waals surface area contributed by atoms with Gasteiger partial charge in [0.25, 0.3) is 0 Å². The topological polar surface area (TPSA) is 47.3 Å². The first-order chi connectivity index (χ1) is 9.20. The van der Waals surface area contributed by atoms with E-state index >= 15 is 0 Å². The van der Waals surface area contributed by atoms with Crippen LogP contribution in [0.3, 0.4) is 0 Å². The second-order valence-corrected chi connectivity index (χ2v) is 5.89. The Labute approximate surface area is 116 Å². The van der Waals surface area contributed by atoms with E-state index in [0.717, 1.165) is 19.4 Å². The van der Waals surface area contributed by atoms with Crippen molar-refractivity contribution in [3.05, 3.63) is 35.4 Å². The first-order valence-electron chi connectivity index (χ1n) is 7.37. The highest BCUT2D eigenvalue weighted by Gasteiger charge is 2.25. The predicted molar refractivity (Wildman–Crippen MR) is 78.6 cm³/mol. The third-order valence-corrected chi connectivity index (χ3v) is 3.72. The fraction of sp³-hybridized carbons (Fsp3) is 0.625. The molecule has 3 N–H and O–H groups in total. The van der Waals surface area contributed by atoms with E-state index in [9.17, 15) is 0 Å². The Morgan fingerprint density at radius 2 is 2.21 bits per heavy atom. The molecule has 2 atom stereocenters. The molecule has 0 bridgehead atoms. The summed E-state index contributed by atoms with van der Waals surface area (Å²) in [7, 11) is 0. The molecule has 2 unspecified atom stereocenters. The lowest BCUT2D eigenvalue weighted by atomic mass is 9.93. The Hall–Kier alpha value is -0.900. The smallest absolute Gasteiger partial charge is 0.0782 e. The van der Waals surface area contributed by atoms with Crippen molar-refractivity contribution in [2.45, 2.75) is 51.7 Å². The average Bonchev–Trinajstić information content (AvgIpc) is 2.40. The molecular formula is C16H26N2O. The summed E-state index contributed by atoms with van der Waals surface area (Å²) in [5.74, 6) is 6.43. The van der Waals surface area contributed by atoms with E-state index in [0.29, 0.717) is 5.92 Å². The summed E-state index contributed by atoms with van der Waals surface area (Å²) in [6, 6.07) is 8.83. The molecule has 0 saturated carbocycles. The molecule has 19 heavy (non-hydrogen) atoms. The van der Waals surface area contributed by atoms with Gasteiger partial charge in [0.1, 0.15) is 0 Å². The summed E-state index contributed by atoms with van der Waals surface area (Å²) >= 11 is 0. The Balaban J connectivity index is 2.12. The number of hydrogen-bond acceptors (Lipinski definition) is 3. The van der Waals surface area contributed by atoms with Crippen LogP contribution < -0.4 is 11.3 Å². The summed E-state index contributed by atoms with van der Waals surface area (Å²) in [6.07, 6.45) is 4.79. The maximum absolute atomic E-state index is 5.86. The van der Waals surface area contributed by atoms with Gasteiger partial charge in [-0.05, 0) is 42.7 Å². The van der Waals surface area contributed by atoms with Crippen LogP contribution in [-0.4, -0.2) is 12.7 Å². The fourth-order valence-electron chi connectivity index (χ4n) is 2.83. The molecule has 0 spiro atoms. The van der Waals surface area contributed by atoms with Crippen LogP contribution in [0.5, 0.6) is 0 Å². The highest BCUT2D eigenvalue weighted by atomic mass is 16.5. The van der Waals surface area contributed by atoms with Crippen molar-refractivity contribution in [3.63, 3.8) is 0 Å². The summed E-state index contributed by atoms with van der Waals surface area (Å²) in [5, 5.41) is 0. The number of nitrogens with two attached hydrogens (primary N) is 1. The van der Waals surface area contributed by atoms with Gasteiger partial charge >= 0.3 is 0 Å². The van der Waals surface area contributed by atoms with E-state index in [2.05, 4.69) is 43.5 Å². The highest BCUT2D eigenvalue weighted by Crippen LogP contribution is 2.26. The van der Waals surface area contributed by atoms with Gasteiger partial charge in [0.2, 0.25) is 0 Å². The van der Waals surface area contributed by atoms with Gasteiger partial charge in [-0.15, -0.1) is 0 Å². The summed E-state index contributed by atoms with van der Waals surface area (Å²) in [4.78, 5) is 0. The van der Waals surface area contributed by atoms with Crippen LogP contribution in [0.2, 0.25) is 0 Å². The zero-order valence-electron chi connectivity index (χ0n) is 12.1. The third-order valence-electron chi connectivity index (χ3n) is 3.72. The van der Waals surface area contributed by atoms with Gasteiger partial charge in [-0.2, -0.15) is 0 Å². The molecule has 0 aliphatic carbocycles. The van der Waals surface area contributed by atoms with Gasteiger partial charge in [0, 0.05) is 6.61 Å². The molecule has 1 aromatic carbocycles. The second-order valence-electron chi connectivity index (χ2n) is 5.89. The van der Waals surface area contributed by atoms with E-state index in [1.54, 1.807) is 0 Å². The van der Waals surface area contributed by atoms with Crippen molar-refractivity contribution >= 4 is 0 Å². The minimum atomic E-state index is 0.104. The molecule has 106 valence electrons. The predicted octanol–water partition coefficient (Wildman–Crippen LogP) is 2.96. The maximum atomic E-state index is 5.86. The third kappa shape index (κ3) is 4.03. The SMILES string of the molecule is CC(C)Cc1cccc(C(NN)C2CCCCO2)c1. The lowest BCUT2D eigenvalue weighted by Gasteiger charge is -2.30. The van der Waals surface area contributed by atoms with E-state index in [-0.39, 0.29) is 12.1 Å². The number of rotatable bonds is 5.